The van der Waals surface area contributed by atoms with Crippen LogP contribution in [0.2, 0.25) is 0 Å². The van der Waals surface area contributed by atoms with Gasteiger partial charge in [0.1, 0.15) is 24.6 Å². The van der Waals surface area contributed by atoms with Crippen LogP contribution in [0.1, 0.15) is 24.3 Å². The molecule has 4 atom stereocenters. The maximum absolute atomic E-state index is 12.1. The van der Waals surface area contributed by atoms with Gasteiger partial charge in [-0.05, 0) is 24.6 Å². The van der Waals surface area contributed by atoms with Crippen molar-refractivity contribution in [3.8, 4) is 5.75 Å². The Balaban J connectivity index is 1.79. The number of aliphatic hydroxyl groups excluding tert-OH is 1. The fourth-order valence-electron chi connectivity index (χ4n) is 3.67. The number of fused-ring (bicyclic) bond motifs is 3. The van der Waals surface area contributed by atoms with Crippen LogP contribution in [0.5, 0.6) is 5.75 Å². The number of ether oxygens (including phenoxy) is 3. The number of carbonyl (C=O) groups is 2. The van der Waals surface area contributed by atoms with E-state index in [0.717, 1.165) is 11.3 Å². The Morgan fingerprint density at radius 2 is 2.15 bits per heavy atom. The zero-order valence-corrected chi connectivity index (χ0v) is 15.8. The van der Waals surface area contributed by atoms with E-state index in [4.69, 9.17) is 14.2 Å². The molecule has 27 heavy (non-hydrogen) atoms. The summed E-state index contributed by atoms with van der Waals surface area (Å²) < 4.78 is 16.8. The highest BCUT2D eigenvalue weighted by molar-refractivity contribution is 5.91. The highest BCUT2D eigenvalue weighted by atomic mass is 16.6. The largest absolute Gasteiger partial charge is 0.487 e. The van der Waals surface area contributed by atoms with Crippen molar-refractivity contribution < 1.29 is 28.9 Å². The molecule has 3 rings (SSSR count). The summed E-state index contributed by atoms with van der Waals surface area (Å²) in [5.74, 6) is 0.457. The molecule has 1 aromatic rings. The van der Waals surface area contributed by atoms with E-state index in [0.29, 0.717) is 12.1 Å². The van der Waals surface area contributed by atoms with E-state index < -0.39 is 6.10 Å². The van der Waals surface area contributed by atoms with Gasteiger partial charge < -0.3 is 29.5 Å². The van der Waals surface area contributed by atoms with Crippen LogP contribution in [0.25, 0.3) is 0 Å². The van der Waals surface area contributed by atoms with Crippen molar-refractivity contribution in [3.05, 3.63) is 23.8 Å². The summed E-state index contributed by atoms with van der Waals surface area (Å²) in [5.41, 5.74) is 1.62. The van der Waals surface area contributed by atoms with E-state index >= 15 is 0 Å². The summed E-state index contributed by atoms with van der Waals surface area (Å²) in [6, 6.07) is 5.47. The topological polar surface area (TPSA) is 97.3 Å². The highest BCUT2D eigenvalue weighted by Crippen LogP contribution is 2.47. The number of aliphatic hydroxyl groups is 1. The van der Waals surface area contributed by atoms with E-state index in [-0.39, 0.29) is 49.6 Å². The van der Waals surface area contributed by atoms with Gasteiger partial charge in [-0.3, -0.25) is 9.59 Å². The van der Waals surface area contributed by atoms with Crippen molar-refractivity contribution in [3.63, 3.8) is 0 Å². The van der Waals surface area contributed by atoms with Crippen LogP contribution in [-0.4, -0.2) is 74.6 Å². The second-order valence-electron chi connectivity index (χ2n) is 7.13. The van der Waals surface area contributed by atoms with Crippen molar-refractivity contribution >= 4 is 17.5 Å². The lowest BCUT2D eigenvalue weighted by Crippen LogP contribution is -2.47. The first-order valence-electron chi connectivity index (χ1n) is 8.98. The zero-order valence-electron chi connectivity index (χ0n) is 15.8. The molecule has 2 aliphatic heterocycles. The molecule has 8 nitrogen and oxygen atoms in total. The minimum Gasteiger partial charge on any atom is -0.487 e. The minimum atomic E-state index is -0.498. The van der Waals surface area contributed by atoms with E-state index in [1.165, 1.54) is 12.0 Å². The van der Waals surface area contributed by atoms with Crippen molar-refractivity contribution in [1.82, 2.24) is 4.90 Å². The molecule has 2 amide bonds. The summed E-state index contributed by atoms with van der Waals surface area (Å²) in [5, 5.41) is 12.5. The Morgan fingerprint density at radius 1 is 1.37 bits per heavy atom. The standard InChI is InChI=1S/C19H26N2O6/c1-21(2)18(24)8-12-7-14-13-6-11(20-17(23)10-25-3)4-5-15(13)27-19(14)16(9-22)26-12/h4-6,12,14,16,19,22H,7-10H2,1-3H3,(H,20,23)/t12-,14+,16-,19-/m0/s1. The SMILES string of the molecule is COCC(=O)Nc1ccc2c(c1)[C@H]1C[C@@H](CC(=O)N(C)C)O[C@@H](CO)[C@H]1O2. The van der Waals surface area contributed by atoms with Gasteiger partial charge in [0.25, 0.3) is 0 Å². The fourth-order valence-corrected chi connectivity index (χ4v) is 3.67. The van der Waals surface area contributed by atoms with Crippen molar-refractivity contribution in [2.75, 3.05) is 39.7 Å². The van der Waals surface area contributed by atoms with Crippen molar-refractivity contribution in [1.29, 1.82) is 0 Å². The maximum atomic E-state index is 12.1. The first-order valence-corrected chi connectivity index (χ1v) is 8.98. The lowest BCUT2D eigenvalue weighted by Gasteiger charge is -2.37. The van der Waals surface area contributed by atoms with Gasteiger partial charge in [0, 0.05) is 38.4 Å². The molecule has 0 radical (unpaired) electrons. The quantitative estimate of drug-likeness (QED) is 0.758. The Labute approximate surface area is 158 Å². The lowest BCUT2D eigenvalue weighted by molar-refractivity contribution is -0.147. The summed E-state index contributed by atoms with van der Waals surface area (Å²) in [6.45, 7) is -0.200. The number of hydrogen-bond donors (Lipinski definition) is 2. The Bertz CT molecular complexity index is 707. The molecule has 2 N–H and O–H groups in total. The number of benzene rings is 1. The third-order valence-electron chi connectivity index (χ3n) is 4.96. The number of nitrogens with one attached hydrogen (secondary N) is 1. The van der Waals surface area contributed by atoms with Gasteiger partial charge in [-0.1, -0.05) is 0 Å². The highest BCUT2D eigenvalue weighted by Gasteiger charge is 2.46. The number of nitrogens with zero attached hydrogens (tertiary/aromatic N) is 1. The summed E-state index contributed by atoms with van der Waals surface area (Å²) in [4.78, 5) is 25.4. The van der Waals surface area contributed by atoms with E-state index in [9.17, 15) is 14.7 Å². The van der Waals surface area contributed by atoms with Gasteiger partial charge in [-0.15, -0.1) is 0 Å². The first-order chi connectivity index (χ1) is 12.9. The van der Waals surface area contributed by atoms with Crippen LogP contribution < -0.4 is 10.1 Å². The van der Waals surface area contributed by atoms with E-state index in [1.807, 2.05) is 12.1 Å². The molecule has 0 bridgehead atoms. The van der Waals surface area contributed by atoms with Gasteiger partial charge >= 0.3 is 0 Å². The van der Waals surface area contributed by atoms with Crippen LogP contribution in [-0.2, 0) is 19.1 Å². The molecule has 2 aliphatic rings. The monoisotopic (exact) mass is 378 g/mol. The summed E-state index contributed by atoms with van der Waals surface area (Å²) in [7, 11) is 4.88. The van der Waals surface area contributed by atoms with Crippen LogP contribution in [0.3, 0.4) is 0 Å². The van der Waals surface area contributed by atoms with Crippen LogP contribution >= 0.6 is 0 Å². The molecule has 0 aliphatic carbocycles. The molecule has 1 aromatic carbocycles. The summed E-state index contributed by atoms with van der Waals surface area (Å²) >= 11 is 0. The minimum absolute atomic E-state index is 0.00913. The molecule has 0 saturated carbocycles. The number of carbonyl (C=O) groups excluding carboxylic acids is 2. The average molecular weight is 378 g/mol. The molecule has 0 spiro atoms. The average Bonchev–Trinajstić information content (AvgIpc) is 2.99. The fraction of sp³-hybridized carbons (Fsp3) is 0.579. The van der Waals surface area contributed by atoms with Gasteiger partial charge in [-0.2, -0.15) is 0 Å². The number of anilines is 1. The third kappa shape index (κ3) is 4.23. The smallest absolute Gasteiger partial charge is 0.250 e. The second kappa shape index (κ2) is 8.24. The third-order valence-corrected chi connectivity index (χ3v) is 4.96. The Hall–Kier alpha value is -2.16. The molecular formula is C19H26N2O6. The number of amides is 2. The Morgan fingerprint density at radius 3 is 2.81 bits per heavy atom. The predicted molar refractivity (Wildman–Crippen MR) is 97.8 cm³/mol. The van der Waals surface area contributed by atoms with Crippen molar-refractivity contribution in [2.24, 2.45) is 0 Å². The molecule has 0 unspecified atom stereocenters. The molecular weight excluding hydrogens is 352 g/mol. The predicted octanol–water partition coefficient (Wildman–Crippen LogP) is 0.744. The van der Waals surface area contributed by atoms with Crippen LogP contribution in [0.4, 0.5) is 5.69 Å². The number of hydrogen-bond acceptors (Lipinski definition) is 6. The maximum Gasteiger partial charge on any atom is 0.250 e. The number of methoxy groups -OCH3 is 1. The van der Waals surface area contributed by atoms with Crippen LogP contribution in [0.15, 0.2) is 18.2 Å². The lowest BCUT2D eigenvalue weighted by atomic mass is 9.84. The molecule has 1 saturated heterocycles. The van der Waals surface area contributed by atoms with E-state index in [2.05, 4.69) is 5.32 Å². The molecule has 1 fully saturated rings. The molecule has 0 aromatic heterocycles. The zero-order chi connectivity index (χ0) is 19.6. The van der Waals surface area contributed by atoms with Gasteiger partial charge in [0.05, 0.1) is 19.1 Å². The normalized spacial score (nSPS) is 25.9. The summed E-state index contributed by atoms with van der Waals surface area (Å²) in [6.07, 6.45) is -0.224. The first kappa shape index (κ1) is 19.6. The van der Waals surface area contributed by atoms with Gasteiger partial charge in [0.2, 0.25) is 11.8 Å². The molecule has 8 heteroatoms. The number of rotatable bonds is 6. The van der Waals surface area contributed by atoms with Gasteiger partial charge in [-0.25, -0.2) is 0 Å². The second-order valence-corrected chi connectivity index (χ2v) is 7.13. The van der Waals surface area contributed by atoms with Gasteiger partial charge in [0.15, 0.2) is 0 Å². The molecule has 148 valence electrons. The van der Waals surface area contributed by atoms with E-state index in [1.54, 1.807) is 20.2 Å². The molecule has 2 heterocycles. The van der Waals surface area contributed by atoms with Crippen LogP contribution in [0, 0.1) is 0 Å². The van der Waals surface area contributed by atoms with Crippen molar-refractivity contribution in [2.45, 2.75) is 37.1 Å². The Kier molecular flexibility index (Phi) is 5.98.